The Morgan fingerprint density at radius 2 is 1.71 bits per heavy atom. The smallest absolute Gasteiger partial charge is 0.170 e. The SMILES string of the molecule is C#C.C=C(CCl)C1=NNN([C@H]2CNCCC2C)N1C1CC1.C=CCCl.CC.Fc1ccccc1F. The van der Waals surface area contributed by atoms with Crippen molar-refractivity contribution in [2.75, 3.05) is 24.8 Å². The fourth-order valence-electron chi connectivity index (χ4n) is 3.24. The van der Waals surface area contributed by atoms with Gasteiger partial charge in [0.1, 0.15) is 0 Å². The van der Waals surface area contributed by atoms with Crippen LogP contribution in [0.25, 0.3) is 0 Å². The fourth-order valence-corrected chi connectivity index (χ4v) is 3.36. The first-order valence-electron chi connectivity index (χ1n) is 11.7. The number of rotatable bonds is 5. The minimum atomic E-state index is -0.799. The van der Waals surface area contributed by atoms with Gasteiger partial charge in [-0.1, -0.05) is 45.6 Å². The minimum Gasteiger partial charge on any atom is -0.315 e. The van der Waals surface area contributed by atoms with Crippen molar-refractivity contribution < 1.29 is 8.78 Å². The Labute approximate surface area is 220 Å². The molecule has 5 nitrogen and oxygen atoms in total. The fraction of sp³-hybridized carbons (Fsp3) is 0.500. The molecule has 2 fully saturated rings. The van der Waals surface area contributed by atoms with Gasteiger partial charge in [0.25, 0.3) is 0 Å². The van der Waals surface area contributed by atoms with E-state index in [0.717, 1.165) is 36.6 Å². The molecule has 4 rings (SSSR count). The van der Waals surface area contributed by atoms with Crippen LogP contribution in [0.2, 0.25) is 0 Å². The molecule has 2 aliphatic heterocycles. The molecule has 1 saturated carbocycles. The Morgan fingerprint density at radius 3 is 2.11 bits per heavy atom. The van der Waals surface area contributed by atoms with E-state index in [0.29, 0.717) is 29.8 Å². The Balaban J connectivity index is 0.000000601. The van der Waals surface area contributed by atoms with Crippen LogP contribution in [0.3, 0.4) is 0 Å². The predicted molar refractivity (Wildman–Crippen MR) is 146 cm³/mol. The van der Waals surface area contributed by atoms with Gasteiger partial charge in [0.2, 0.25) is 0 Å². The van der Waals surface area contributed by atoms with Gasteiger partial charge in [0.15, 0.2) is 17.5 Å². The number of terminal acetylenes is 1. The highest BCUT2D eigenvalue weighted by atomic mass is 35.5. The van der Waals surface area contributed by atoms with Gasteiger partial charge in [-0.05, 0) is 43.9 Å². The standard InChI is InChI=1S/C13H22ClN5.C6H4F2.C3H5Cl.C2H6.C2H2/c1-9-5-6-15-8-12(9)19-17-16-13(10(2)7-14)18(19)11-3-4-11;7-5-3-1-2-4-6(5)8;1-2-3-4;2*1-2/h9,11-12,15,17H,2-8H2,1H3;1-4H;2H,1,3H2;1-2H3;1-2H/t9?,12-;;;;/m0..../s1. The second-order valence-corrected chi connectivity index (χ2v) is 8.16. The molecule has 9 heteroatoms. The summed E-state index contributed by atoms with van der Waals surface area (Å²) < 4.78 is 23.9. The van der Waals surface area contributed by atoms with E-state index >= 15 is 0 Å². The number of amidine groups is 1. The molecule has 2 N–H and O–H groups in total. The zero-order chi connectivity index (χ0) is 26.8. The molecular weight excluding hydrogens is 491 g/mol. The molecule has 2 atom stereocenters. The normalized spacial score (nSPS) is 20.5. The van der Waals surface area contributed by atoms with Gasteiger partial charge in [-0.3, -0.25) is 5.01 Å². The number of benzene rings is 1. The van der Waals surface area contributed by atoms with Gasteiger partial charge >= 0.3 is 0 Å². The molecule has 1 aromatic rings. The Bertz CT molecular complexity index is 778. The maximum atomic E-state index is 11.9. The van der Waals surface area contributed by atoms with Crippen LogP contribution in [0.5, 0.6) is 0 Å². The van der Waals surface area contributed by atoms with Crippen LogP contribution in [-0.4, -0.2) is 52.9 Å². The van der Waals surface area contributed by atoms with Crippen LogP contribution < -0.4 is 10.9 Å². The summed E-state index contributed by atoms with van der Waals surface area (Å²) in [7, 11) is 0. The molecule has 1 aromatic carbocycles. The molecule has 3 aliphatic rings. The lowest BCUT2D eigenvalue weighted by molar-refractivity contribution is -0.0603. The quantitative estimate of drug-likeness (QED) is 0.281. The second kappa shape index (κ2) is 19.1. The monoisotopic (exact) mass is 529 g/mol. The average molecular weight is 531 g/mol. The first-order chi connectivity index (χ1) is 16.9. The van der Waals surface area contributed by atoms with Crippen molar-refractivity contribution in [3.63, 3.8) is 0 Å². The highest BCUT2D eigenvalue weighted by molar-refractivity contribution is 6.23. The van der Waals surface area contributed by atoms with Crippen LogP contribution in [0, 0.1) is 30.4 Å². The summed E-state index contributed by atoms with van der Waals surface area (Å²) in [5.41, 5.74) is 4.07. The number of hydrogen-bond donors (Lipinski definition) is 2. The third kappa shape index (κ3) is 11.0. The lowest BCUT2D eigenvalue weighted by Crippen LogP contribution is -2.59. The number of nitrogens with one attached hydrogen (secondary N) is 2. The average Bonchev–Trinajstić information content (AvgIpc) is 3.66. The number of nitrogens with zero attached hydrogens (tertiary/aromatic N) is 3. The molecular formula is C26H39Cl2F2N5. The van der Waals surface area contributed by atoms with Crippen molar-refractivity contribution in [1.29, 1.82) is 0 Å². The van der Waals surface area contributed by atoms with Crippen molar-refractivity contribution in [2.24, 2.45) is 11.0 Å². The van der Waals surface area contributed by atoms with Crippen molar-refractivity contribution in [2.45, 2.75) is 52.1 Å². The number of piperidine rings is 1. The number of hydrogen-bond acceptors (Lipinski definition) is 5. The summed E-state index contributed by atoms with van der Waals surface area (Å²) in [4.78, 5) is 0. The highest BCUT2D eigenvalue weighted by Gasteiger charge is 2.43. The maximum Gasteiger partial charge on any atom is 0.170 e. The van der Waals surface area contributed by atoms with Gasteiger partial charge in [-0.15, -0.1) is 52.8 Å². The summed E-state index contributed by atoms with van der Waals surface area (Å²) in [6, 6.07) is 6.03. The van der Waals surface area contributed by atoms with E-state index in [2.05, 4.69) is 59.0 Å². The van der Waals surface area contributed by atoms with E-state index in [1.54, 1.807) is 6.08 Å². The minimum absolute atomic E-state index is 0.427. The molecule has 35 heavy (non-hydrogen) atoms. The van der Waals surface area contributed by atoms with Crippen LogP contribution >= 0.6 is 23.2 Å². The van der Waals surface area contributed by atoms with Crippen LogP contribution in [0.4, 0.5) is 8.78 Å². The molecule has 2 heterocycles. The van der Waals surface area contributed by atoms with Crippen molar-refractivity contribution >= 4 is 29.0 Å². The number of halogens is 4. The molecule has 0 radical (unpaired) electrons. The summed E-state index contributed by atoms with van der Waals surface area (Å²) in [5, 5.41) is 12.4. The molecule has 1 aliphatic carbocycles. The van der Waals surface area contributed by atoms with Crippen molar-refractivity contribution in [1.82, 2.24) is 21.0 Å². The summed E-state index contributed by atoms with van der Waals surface area (Å²) in [6.45, 7) is 15.8. The van der Waals surface area contributed by atoms with Gasteiger partial charge in [0.05, 0.1) is 11.9 Å². The highest BCUT2D eigenvalue weighted by Crippen LogP contribution is 2.33. The largest absolute Gasteiger partial charge is 0.315 e. The Kier molecular flexibility index (Phi) is 18.0. The second-order valence-electron chi connectivity index (χ2n) is 7.59. The van der Waals surface area contributed by atoms with E-state index < -0.39 is 11.6 Å². The van der Waals surface area contributed by atoms with Crippen LogP contribution in [0.1, 0.15) is 40.0 Å². The van der Waals surface area contributed by atoms with Gasteiger partial charge in [-0.2, -0.15) is 0 Å². The van der Waals surface area contributed by atoms with E-state index in [4.69, 9.17) is 23.2 Å². The molecule has 0 spiro atoms. The lowest BCUT2D eigenvalue weighted by atomic mass is 9.95. The Hall–Kier alpha value is -2.11. The topological polar surface area (TPSA) is 42.9 Å². The van der Waals surface area contributed by atoms with Crippen LogP contribution in [-0.2, 0) is 0 Å². The maximum absolute atomic E-state index is 11.9. The van der Waals surface area contributed by atoms with Gasteiger partial charge in [0, 0.05) is 24.0 Å². The van der Waals surface area contributed by atoms with E-state index in [1.165, 1.54) is 31.4 Å². The molecule has 0 amide bonds. The predicted octanol–water partition coefficient (Wildman–Crippen LogP) is 5.94. The van der Waals surface area contributed by atoms with E-state index in [9.17, 15) is 8.78 Å². The first kappa shape index (κ1) is 32.9. The molecule has 0 aromatic heterocycles. The third-order valence-electron chi connectivity index (χ3n) is 5.11. The molecule has 196 valence electrons. The Morgan fingerprint density at radius 1 is 1.17 bits per heavy atom. The number of alkyl halides is 2. The van der Waals surface area contributed by atoms with E-state index in [-0.39, 0.29) is 0 Å². The number of hydrazone groups is 1. The zero-order valence-corrected chi connectivity index (χ0v) is 22.5. The zero-order valence-electron chi connectivity index (χ0n) is 21.0. The molecule has 0 bridgehead atoms. The van der Waals surface area contributed by atoms with Crippen molar-refractivity contribution in [3.05, 3.63) is 60.7 Å². The van der Waals surface area contributed by atoms with Crippen LogP contribution in [0.15, 0.2) is 54.2 Å². The lowest BCUT2D eigenvalue weighted by Gasteiger charge is -2.40. The van der Waals surface area contributed by atoms with Gasteiger partial charge in [-0.25, -0.2) is 14.3 Å². The third-order valence-corrected chi connectivity index (χ3v) is 5.65. The molecule has 1 unspecified atom stereocenters. The first-order valence-corrected chi connectivity index (χ1v) is 12.8. The molecule has 1 saturated heterocycles. The summed E-state index contributed by atoms with van der Waals surface area (Å²) in [6.07, 6.45) is 13.3. The van der Waals surface area contributed by atoms with E-state index in [1.807, 2.05) is 13.8 Å². The number of allylic oxidation sites excluding steroid dienone is 1. The van der Waals surface area contributed by atoms with Gasteiger partial charge < -0.3 is 5.32 Å². The van der Waals surface area contributed by atoms with Crippen molar-refractivity contribution in [3.8, 4) is 12.8 Å². The summed E-state index contributed by atoms with van der Waals surface area (Å²) >= 11 is 11.0. The summed E-state index contributed by atoms with van der Waals surface area (Å²) in [5.74, 6) is 0.944. The number of hydrazine groups is 2.